The molecule has 1 aromatic heterocycles. The molecule has 2 rings (SSSR count). The van der Waals surface area contributed by atoms with Crippen LogP contribution in [0.4, 0.5) is 5.69 Å². The highest BCUT2D eigenvalue weighted by atomic mass is 35.5. The van der Waals surface area contributed by atoms with Gasteiger partial charge in [0.15, 0.2) is 16.4 Å². The van der Waals surface area contributed by atoms with Gasteiger partial charge in [-0.2, -0.15) is 0 Å². The molecule has 1 N–H and O–H groups in total. The molecular formula is C14H12ClNO5S2. The van der Waals surface area contributed by atoms with Gasteiger partial charge in [-0.3, -0.25) is 4.79 Å². The molecule has 1 heterocycles. The summed E-state index contributed by atoms with van der Waals surface area (Å²) in [4.78, 5) is 23.8. The number of carbonyl (C=O) groups is 2. The van der Waals surface area contributed by atoms with Gasteiger partial charge in [0, 0.05) is 6.26 Å². The number of carbonyl (C=O) groups excluding carboxylic acids is 2. The lowest BCUT2D eigenvalue weighted by Crippen LogP contribution is -2.21. The van der Waals surface area contributed by atoms with Crippen LogP contribution in [0.3, 0.4) is 0 Å². The van der Waals surface area contributed by atoms with Gasteiger partial charge in [0.25, 0.3) is 5.91 Å². The number of sulfone groups is 1. The van der Waals surface area contributed by atoms with Gasteiger partial charge < -0.3 is 10.1 Å². The zero-order valence-electron chi connectivity index (χ0n) is 11.9. The number of benzene rings is 1. The van der Waals surface area contributed by atoms with E-state index < -0.39 is 28.3 Å². The van der Waals surface area contributed by atoms with Crippen LogP contribution in [0.5, 0.6) is 0 Å². The molecule has 2 aromatic rings. The summed E-state index contributed by atoms with van der Waals surface area (Å²) in [5.74, 6) is -1.31. The standard InChI is InChI=1S/C14H12ClNO5S2/c1-23(19,20)11-5-3-2-4-9(11)16-13(17)8-21-14(18)10-6-7-12(15)22-10/h2-7H,8H2,1H3,(H,16,17). The molecule has 0 aliphatic heterocycles. The Morgan fingerprint density at radius 1 is 1.22 bits per heavy atom. The number of esters is 1. The molecule has 0 unspecified atom stereocenters. The molecule has 0 aliphatic rings. The summed E-state index contributed by atoms with van der Waals surface area (Å²) < 4.78 is 28.6. The van der Waals surface area contributed by atoms with Crippen LogP contribution in [0, 0.1) is 0 Å². The van der Waals surface area contributed by atoms with Crippen molar-refractivity contribution in [1.82, 2.24) is 0 Å². The first-order valence-corrected chi connectivity index (χ1v) is 9.37. The summed E-state index contributed by atoms with van der Waals surface area (Å²) in [5, 5.41) is 2.41. The molecule has 0 saturated heterocycles. The average Bonchev–Trinajstić information content (AvgIpc) is 2.91. The fraction of sp³-hybridized carbons (Fsp3) is 0.143. The Morgan fingerprint density at radius 3 is 2.52 bits per heavy atom. The Hall–Kier alpha value is -1.90. The lowest BCUT2D eigenvalue weighted by atomic mass is 10.3. The maximum absolute atomic E-state index is 11.8. The van der Waals surface area contributed by atoms with E-state index in [1.54, 1.807) is 18.2 Å². The quantitative estimate of drug-likeness (QED) is 0.813. The van der Waals surface area contributed by atoms with Crippen LogP contribution in [0.15, 0.2) is 41.3 Å². The Kier molecular flexibility index (Phi) is 5.40. The molecule has 6 nitrogen and oxygen atoms in total. The summed E-state index contributed by atoms with van der Waals surface area (Å²) >= 11 is 6.75. The third kappa shape index (κ3) is 4.78. The van der Waals surface area contributed by atoms with Crippen molar-refractivity contribution in [1.29, 1.82) is 0 Å². The normalized spacial score (nSPS) is 11.0. The highest BCUT2D eigenvalue weighted by Crippen LogP contribution is 2.22. The Bertz CT molecular complexity index is 844. The van der Waals surface area contributed by atoms with Crippen LogP contribution >= 0.6 is 22.9 Å². The number of nitrogens with one attached hydrogen (secondary N) is 1. The second kappa shape index (κ2) is 7.12. The van der Waals surface area contributed by atoms with E-state index in [1.807, 2.05) is 0 Å². The first-order valence-electron chi connectivity index (χ1n) is 6.29. The summed E-state index contributed by atoms with van der Waals surface area (Å²) in [5.41, 5.74) is 0.134. The summed E-state index contributed by atoms with van der Waals surface area (Å²) in [6.45, 7) is -0.535. The van der Waals surface area contributed by atoms with Crippen LogP contribution in [0.2, 0.25) is 4.34 Å². The van der Waals surface area contributed by atoms with Crippen LogP contribution in [0.25, 0.3) is 0 Å². The smallest absolute Gasteiger partial charge is 0.348 e. The van der Waals surface area contributed by atoms with Crippen molar-refractivity contribution in [2.75, 3.05) is 18.2 Å². The third-order valence-electron chi connectivity index (χ3n) is 2.67. The lowest BCUT2D eigenvalue weighted by molar-refractivity contribution is -0.119. The topological polar surface area (TPSA) is 89.5 Å². The highest BCUT2D eigenvalue weighted by molar-refractivity contribution is 7.90. The summed E-state index contributed by atoms with van der Waals surface area (Å²) in [6, 6.07) is 9.01. The predicted octanol–water partition coefficient (Wildman–Crippen LogP) is 2.60. The van der Waals surface area contributed by atoms with E-state index in [4.69, 9.17) is 16.3 Å². The maximum Gasteiger partial charge on any atom is 0.348 e. The Morgan fingerprint density at radius 2 is 1.91 bits per heavy atom. The summed E-state index contributed by atoms with van der Waals surface area (Å²) in [6.07, 6.45) is 1.04. The Balaban J connectivity index is 2.00. The van der Waals surface area contributed by atoms with Crippen molar-refractivity contribution < 1.29 is 22.7 Å². The second-order valence-electron chi connectivity index (χ2n) is 4.50. The number of hydrogen-bond donors (Lipinski definition) is 1. The van der Waals surface area contributed by atoms with Gasteiger partial charge in [-0.1, -0.05) is 23.7 Å². The van der Waals surface area contributed by atoms with Crippen molar-refractivity contribution in [2.24, 2.45) is 0 Å². The number of thiophene rings is 1. The van der Waals surface area contributed by atoms with Crippen LogP contribution in [0.1, 0.15) is 9.67 Å². The number of rotatable bonds is 5. The molecule has 9 heteroatoms. The average molecular weight is 374 g/mol. The van der Waals surface area contributed by atoms with E-state index in [2.05, 4.69) is 5.32 Å². The van der Waals surface area contributed by atoms with Crippen molar-refractivity contribution in [3.8, 4) is 0 Å². The van der Waals surface area contributed by atoms with Gasteiger partial charge in [-0.25, -0.2) is 13.2 Å². The monoisotopic (exact) mass is 373 g/mol. The predicted molar refractivity (Wildman–Crippen MR) is 87.8 cm³/mol. The van der Waals surface area contributed by atoms with Gasteiger partial charge in [0.1, 0.15) is 4.88 Å². The minimum absolute atomic E-state index is 0.00952. The number of hydrogen-bond acceptors (Lipinski definition) is 6. The third-order valence-corrected chi connectivity index (χ3v) is 5.04. The number of para-hydroxylation sites is 1. The van der Waals surface area contributed by atoms with Crippen molar-refractivity contribution in [2.45, 2.75) is 4.90 Å². The molecule has 0 spiro atoms. The summed E-state index contributed by atoms with van der Waals surface area (Å²) in [7, 11) is -3.49. The molecule has 0 fully saturated rings. The van der Waals surface area contributed by atoms with Crippen LogP contribution in [-0.4, -0.2) is 33.2 Å². The Labute approximate surface area is 142 Å². The van der Waals surface area contributed by atoms with E-state index >= 15 is 0 Å². The van der Waals surface area contributed by atoms with Crippen molar-refractivity contribution >= 4 is 50.3 Å². The number of halogens is 1. The molecule has 0 saturated carbocycles. The molecule has 0 bridgehead atoms. The van der Waals surface area contributed by atoms with Crippen LogP contribution in [-0.2, 0) is 19.4 Å². The highest BCUT2D eigenvalue weighted by Gasteiger charge is 2.16. The second-order valence-corrected chi connectivity index (χ2v) is 8.20. The molecular weight excluding hydrogens is 362 g/mol. The van der Waals surface area contributed by atoms with Gasteiger partial charge in [0.2, 0.25) is 0 Å². The van der Waals surface area contributed by atoms with Gasteiger partial charge in [-0.05, 0) is 24.3 Å². The fourth-order valence-corrected chi connectivity index (χ4v) is 3.49. The van der Waals surface area contributed by atoms with Crippen molar-refractivity contribution in [3.05, 3.63) is 45.6 Å². The van der Waals surface area contributed by atoms with E-state index in [-0.39, 0.29) is 15.5 Å². The van der Waals surface area contributed by atoms with E-state index in [0.29, 0.717) is 4.34 Å². The first-order chi connectivity index (χ1) is 10.8. The fourth-order valence-electron chi connectivity index (χ4n) is 1.71. The maximum atomic E-state index is 11.8. The molecule has 0 atom stereocenters. The lowest BCUT2D eigenvalue weighted by Gasteiger charge is -2.09. The molecule has 23 heavy (non-hydrogen) atoms. The molecule has 1 aromatic carbocycles. The minimum atomic E-state index is -3.49. The SMILES string of the molecule is CS(=O)(=O)c1ccccc1NC(=O)COC(=O)c1ccc(Cl)s1. The van der Waals surface area contributed by atoms with E-state index in [0.717, 1.165) is 17.6 Å². The zero-order valence-corrected chi connectivity index (χ0v) is 14.3. The largest absolute Gasteiger partial charge is 0.451 e. The van der Waals surface area contributed by atoms with E-state index in [1.165, 1.54) is 18.2 Å². The molecule has 1 amide bonds. The van der Waals surface area contributed by atoms with E-state index in [9.17, 15) is 18.0 Å². The zero-order chi connectivity index (χ0) is 17.0. The number of ether oxygens (including phenoxy) is 1. The first kappa shape index (κ1) is 17.5. The van der Waals surface area contributed by atoms with Gasteiger partial charge >= 0.3 is 5.97 Å². The van der Waals surface area contributed by atoms with Gasteiger partial charge in [0.05, 0.1) is 14.9 Å². The number of anilines is 1. The molecule has 0 radical (unpaired) electrons. The number of amides is 1. The minimum Gasteiger partial charge on any atom is -0.451 e. The van der Waals surface area contributed by atoms with Gasteiger partial charge in [-0.15, -0.1) is 11.3 Å². The van der Waals surface area contributed by atoms with Crippen molar-refractivity contribution in [3.63, 3.8) is 0 Å². The molecule has 0 aliphatic carbocycles. The molecule has 122 valence electrons. The van der Waals surface area contributed by atoms with Crippen LogP contribution < -0.4 is 5.32 Å².